The van der Waals surface area contributed by atoms with Gasteiger partial charge in [0.2, 0.25) is 0 Å². The Hall–Kier alpha value is -1.38. The SMILES string of the molecule is CN(CC1CC2CCC1C2)C(=O)c1ccc(F)cc1. The fraction of sp³-hybridized carbons (Fsp3) is 0.562. The third-order valence-corrected chi connectivity index (χ3v) is 4.83. The van der Waals surface area contributed by atoms with Gasteiger partial charge in [0, 0.05) is 19.2 Å². The highest BCUT2D eigenvalue weighted by molar-refractivity contribution is 5.94. The zero-order chi connectivity index (χ0) is 13.4. The lowest BCUT2D eigenvalue weighted by Gasteiger charge is -2.27. The van der Waals surface area contributed by atoms with E-state index in [2.05, 4.69) is 0 Å². The van der Waals surface area contributed by atoms with Gasteiger partial charge in [0.25, 0.3) is 5.91 Å². The summed E-state index contributed by atoms with van der Waals surface area (Å²) in [7, 11) is 1.86. The molecule has 2 fully saturated rings. The summed E-state index contributed by atoms with van der Waals surface area (Å²) < 4.78 is 12.9. The number of nitrogens with zero attached hydrogens (tertiary/aromatic N) is 1. The van der Waals surface area contributed by atoms with Crippen LogP contribution in [0.4, 0.5) is 4.39 Å². The van der Waals surface area contributed by atoms with Gasteiger partial charge < -0.3 is 4.90 Å². The average molecular weight is 261 g/mol. The Morgan fingerprint density at radius 2 is 2.00 bits per heavy atom. The zero-order valence-electron chi connectivity index (χ0n) is 11.3. The first-order valence-electron chi connectivity index (χ1n) is 7.14. The lowest BCUT2D eigenvalue weighted by atomic mass is 9.88. The molecule has 0 spiro atoms. The molecule has 3 heteroatoms. The van der Waals surface area contributed by atoms with Gasteiger partial charge in [0.05, 0.1) is 0 Å². The molecule has 2 bridgehead atoms. The second-order valence-electron chi connectivity index (χ2n) is 6.13. The van der Waals surface area contributed by atoms with Gasteiger partial charge in [-0.15, -0.1) is 0 Å². The highest BCUT2D eigenvalue weighted by atomic mass is 19.1. The first-order chi connectivity index (χ1) is 9.13. The number of carbonyl (C=O) groups is 1. The number of hydrogen-bond acceptors (Lipinski definition) is 1. The summed E-state index contributed by atoms with van der Waals surface area (Å²) in [5, 5.41) is 0. The minimum absolute atomic E-state index is 0.00257. The van der Waals surface area contributed by atoms with Crippen LogP contribution in [-0.4, -0.2) is 24.4 Å². The van der Waals surface area contributed by atoms with Crippen molar-refractivity contribution < 1.29 is 9.18 Å². The Balaban J connectivity index is 1.62. The molecule has 0 heterocycles. The average Bonchev–Trinajstić information content (AvgIpc) is 3.01. The molecule has 2 nitrogen and oxygen atoms in total. The summed E-state index contributed by atoms with van der Waals surface area (Å²) in [5.41, 5.74) is 0.576. The summed E-state index contributed by atoms with van der Waals surface area (Å²) in [6.07, 6.45) is 5.37. The Morgan fingerprint density at radius 1 is 1.26 bits per heavy atom. The molecule has 1 amide bonds. The van der Waals surface area contributed by atoms with Crippen LogP contribution in [0.5, 0.6) is 0 Å². The largest absolute Gasteiger partial charge is 0.341 e. The predicted octanol–water partition coefficient (Wildman–Crippen LogP) is 3.33. The molecular formula is C16H20FNO. The molecule has 102 valence electrons. The van der Waals surface area contributed by atoms with Gasteiger partial charge in [0.1, 0.15) is 5.82 Å². The summed E-state index contributed by atoms with van der Waals surface area (Å²) in [4.78, 5) is 14.1. The monoisotopic (exact) mass is 261 g/mol. The molecule has 0 saturated heterocycles. The molecule has 19 heavy (non-hydrogen) atoms. The Kier molecular flexibility index (Phi) is 3.29. The van der Waals surface area contributed by atoms with E-state index in [9.17, 15) is 9.18 Å². The van der Waals surface area contributed by atoms with Gasteiger partial charge in [-0.25, -0.2) is 4.39 Å². The number of amides is 1. The number of benzene rings is 1. The number of carbonyl (C=O) groups excluding carboxylic acids is 1. The van der Waals surface area contributed by atoms with Crippen molar-refractivity contribution in [2.75, 3.05) is 13.6 Å². The predicted molar refractivity (Wildman–Crippen MR) is 72.3 cm³/mol. The van der Waals surface area contributed by atoms with Crippen molar-refractivity contribution in [3.8, 4) is 0 Å². The van der Waals surface area contributed by atoms with Crippen molar-refractivity contribution >= 4 is 5.91 Å². The van der Waals surface area contributed by atoms with E-state index in [4.69, 9.17) is 0 Å². The summed E-state index contributed by atoms with van der Waals surface area (Å²) >= 11 is 0. The molecule has 3 unspecified atom stereocenters. The first kappa shape index (κ1) is 12.6. The molecule has 2 aliphatic carbocycles. The van der Waals surface area contributed by atoms with Gasteiger partial charge in [0.15, 0.2) is 0 Å². The number of fused-ring (bicyclic) bond motifs is 2. The van der Waals surface area contributed by atoms with Crippen LogP contribution in [-0.2, 0) is 0 Å². The van der Waals surface area contributed by atoms with Crippen molar-refractivity contribution in [1.82, 2.24) is 4.90 Å². The van der Waals surface area contributed by atoms with Crippen molar-refractivity contribution in [3.63, 3.8) is 0 Å². The van der Waals surface area contributed by atoms with Crippen LogP contribution in [0.3, 0.4) is 0 Å². The van der Waals surface area contributed by atoms with Gasteiger partial charge >= 0.3 is 0 Å². The molecule has 2 saturated carbocycles. The van der Waals surface area contributed by atoms with Crippen LogP contribution in [0.15, 0.2) is 24.3 Å². The molecule has 1 aromatic carbocycles. The minimum Gasteiger partial charge on any atom is -0.341 e. The van der Waals surface area contributed by atoms with Gasteiger partial charge in [-0.1, -0.05) is 6.42 Å². The van der Waals surface area contributed by atoms with Gasteiger partial charge in [-0.2, -0.15) is 0 Å². The summed E-state index contributed by atoms with van der Waals surface area (Å²) in [5.74, 6) is 2.11. The molecule has 0 aliphatic heterocycles. The second-order valence-corrected chi connectivity index (χ2v) is 6.13. The highest BCUT2D eigenvalue weighted by Crippen LogP contribution is 2.48. The van der Waals surface area contributed by atoms with E-state index < -0.39 is 0 Å². The molecule has 0 radical (unpaired) electrons. The van der Waals surface area contributed by atoms with Crippen LogP contribution < -0.4 is 0 Å². The Bertz CT molecular complexity index is 470. The maximum Gasteiger partial charge on any atom is 0.253 e. The molecule has 0 aromatic heterocycles. The first-order valence-corrected chi connectivity index (χ1v) is 7.14. The maximum atomic E-state index is 12.9. The van der Waals surface area contributed by atoms with Crippen molar-refractivity contribution in [2.24, 2.45) is 17.8 Å². The van der Waals surface area contributed by atoms with E-state index in [1.54, 1.807) is 17.0 Å². The fourth-order valence-electron chi connectivity index (χ4n) is 3.85. The molecule has 3 atom stereocenters. The van der Waals surface area contributed by atoms with Crippen molar-refractivity contribution in [2.45, 2.75) is 25.7 Å². The normalized spacial score (nSPS) is 28.6. The smallest absolute Gasteiger partial charge is 0.253 e. The van der Waals surface area contributed by atoms with Crippen molar-refractivity contribution in [1.29, 1.82) is 0 Å². The van der Waals surface area contributed by atoms with Crippen LogP contribution in [0.2, 0.25) is 0 Å². The standard InChI is InChI=1S/C16H20FNO/c1-18(10-14-9-11-2-3-13(14)8-11)16(19)12-4-6-15(17)7-5-12/h4-7,11,13-14H,2-3,8-10H2,1H3. The topological polar surface area (TPSA) is 20.3 Å². The summed E-state index contributed by atoms with van der Waals surface area (Å²) in [6.45, 7) is 0.845. The Labute approximate surface area is 113 Å². The van der Waals surface area contributed by atoms with Crippen LogP contribution in [0.1, 0.15) is 36.0 Å². The van der Waals surface area contributed by atoms with E-state index >= 15 is 0 Å². The van der Waals surface area contributed by atoms with E-state index in [0.29, 0.717) is 11.5 Å². The zero-order valence-corrected chi connectivity index (χ0v) is 11.3. The van der Waals surface area contributed by atoms with Crippen molar-refractivity contribution in [3.05, 3.63) is 35.6 Å². The lowest BCUT2D eigenvalue weighted by molar-refractivity contribution is 0.0754. The van der Waals surface area contributed by atoms with Gasteiger partial charge in [-0.3, -0.25) is 4.79 Å². The lowest BCUT2D eigenvalue weighted by Crippen LogP contribution is -2.33. The van der Waals surface area contributed by atoms with Crippen LogP contribution in [0.25, 0.3) is 0 Å². The highest BCUT2D eigenvalue weighted by Gasteiger charge is 2.40. The van der Waals surface area contributed by atoms with Crippen LogP contribution >= 0.6 is 0 Å². The maximum absolute atomic E-state index is 12.9. The summed E-state index contributed by atoms with van der Waals surface area (Å²) in [6, 6.07) is 5.82. The third kappa shape index (κ3) is 2.51. The molecule has 2 aliphatic rings. The number of hydrogen-bond donors (Lipinski definition) is 0. The quantitative estimate of drug-likeness (QED) is 0.817. The van der Waals surface area contributed by atoms with Crippen LogP contribution in [0, 0.1) is 23.6 Å². The molecule has 3 rings (SSSR count). The minimum atomic E-state index is -0.299. The van der Waals surface area contributed by atoms with E-state index in [-0.39, 0.29) is 11.7 Å². The van der Waals surface area contributed by atoms with E-state index in [0.717, 1.165) is 18.4 Å². The molecule has 0 N–H and O–H groups in total. The molecule has 1 aromatic rings. The van der Waals surface area contributed by atoms with E-state index in [1.807, 2.05) is 7.05 Å². The van der Waals surface area contributed by atoms with E-state index in [1.165, 1.54) is 37.8 Å². The Morgan fingerprint density at radius 3 is 2.58 bits per heavy atom. The second kappa shape index (κ2) is 4.95. The number of rotatable bonds is 3. The molecular weight excluding hydrogens is 241 g/mol. The van der Waals surface area contributed by atoms with Gasteiger partial charge in [-0.05, 0) is 61.3 Å². The third-order valence-electron chi connectivity index (χ3n) is 4.83. The fourth-order valence-corrected chi connectivity index (χ4v) is 3.85. The number of halogens is 1.